The van der Waals surface area contributed by atoms with Crippen LogP contribution in [0.4, 0.5) is 0 Å². The quantitative estimate of drug-likeness (QED) is 0.655. The third kappa shape index (κ3) is 6.16. The van der Waals surface area contributed by atoms with Gasteiger partial charge < -0.3 is 15.3 Å². The molecule has 1 aromatic carbocycles. The Morgan fingerprint density at radius 3 is 1.43 bits per heavy atom. The van der Waals surface area contributed by atoms with Crippen molar-refractivity contribution in [1.82, 2.24) is 0 Å². The van der Waals surface area contributed by atoms with E-state index in [0.29, 0.717) is 0 Å². The molecule has 1 rings (SSSR count). The number of hydrogen-bond acceptors (Lipinski definition) is 3. The fourth-order valence-corrected chi connectivity index (χ4v) is 0.750. The van der Waals surface area contributed by atoms with Gasteiger partial charge in [-0.3, -0.25) is 4.79 Å². The van der Waals surface area contributed by atoms with E-state index in [0.717, 1.165) is 18.1 Å². The van der Waals surface area contributed by atoms with E-state index in [1.807, 2.05) is 0 Å². The molecular formula is C10H14O4. The van der Waals surface area contributed by atoms with Gasteiger partial charge in [0.1, 0.15) is 0 Å². The molecule has 0 saturated carbocycles. The van der Waals surface area contributed by atoms with Crippen LogP contribution in [0.5, 0.6) is 0 Å². The Morgan fingerprint density at radius 1 is 1.07 bits per heavy atom. The highest BCUT2D eigenvalue weighted by Crippen LogP contribution is 2.03. The maximum Gasteiger partial charge on any atom is 0.300 e. The second-order valence-electron chi connectivity index (χ2n) is 2.65. The molecule has 0 bridgehead atoms. The summed E-state index contributed by atoms with van der Waals surface area (Å²) in [6.45, 7) is 1.21. The number of carbonyl (C=O) groups is 1. The zero-order valence-electron chi connectivity index (χ0n) is 7.97. The van der Waals surface area contributed by atoms with E-state index in [2.05, 4.69) is 0 Å². The first-order chi connectivity index (χ1) is 6.60. The van der Waals surface area contributed by atoms with Crippen molar-refractivity contribution in [3.63, 3.8) is 0 Å². The predicted octanol–water partition coefficient (Wildman–Crippen LogP) is 0.762. The molecule has 0 aliphatic rings. The van der Waals surface area contributed by atoms with Crippen molar-refractivity contribution in [2.75, 3.05) is 0 Å². The minimum Gasteiger partial charge on any atom is -0.481 e. The Labute approximate surface area is 82.4 Å². The molecule has 0 radical (unpaired) electrons. The van der Waals surface area contributed by atoms with E-state index in [-0.39, 0.29) is 13.2 Å². The number of carboxylic acids is 1. The van der Waals surface area contributed by atoms with Gasteiger partial charge in [-0.05, 0) is 11.1 Å². The summed E-state index contributed by atoms with van der Waals surface area (Å²) in [7, 11) is 0. The van der Waals surface area contributed by atoms with Gasteiger partial charge in [0.25, 0.3) is 5.97 Å². The lowest BCUT2D eigenvalue weighted by molar-refractivity contribution is -0.134. The van der Waals surface area contributed by atoms with Gasteiger partial charge in [-0.15, -0.1) is 0 Å². The van der Waals surface area contributed by atoms with E-state index in [4.69, 9.17) is 20.1 Å². The van der Waals surface area contributed by atoms with Crippen LogP contribution in [0.2, 0.25) is 0 Å². The summed E-state index contributed by atoms with van der Waals surface area (Å²) >= 11 is 0. The molecule has 0 fully saturated rings. The summed E-state index contributed by atoms with van der Waals surface area (Å²) in [5.74, 6) is -0.833. The minimum atomic E-state index is -0.833. The number of carboxylic acid groups (broad SMARTS) is 1. The summed E-state index contributed by atoms with van der Waals surface area (Å²) in [4.78, 5) is 9.00. The highest BCUT2D eigenvalue weighted by molar-refractivity contribution is 5.62. The van der Waals surface area contributed by atoms with Gasteiger partial charge in [0.2, 0.25) is 0 Å². The standard InChI is InChI=1S/C8H10O2.C2H4O2/c9-5-7-1-2-8(6-10)4-3-7;1-2(3)4/h1-4,9-10H,5-6H2;1H3,(H,3,4). The van der Waals surface area contributed by atoms with Crippen LogP contribution in [0.3, 0.4) is 0 Å². The third-order valence-electron chi connectivity index (χ3n) is 1.39. The fraction of sp³-hybridized carbons (Fsp3) is 0.300. The molecular weight excluding hydrogens is 184 g/mol. The molecule has 1 aromatic rings. The first-order valence-electron chi connectivity index (χ1n) is 4.09. The van der Waals surface area contributed by atoms with Crippen LogP contribution in [0, 0.1) is 0 Å². The largest absolute Gasteiger partial charge is 0.481 e. The average Bonchev–Trinajstić information content (AvgIpc) is 2.17. The highest BCUT2D eigenvalue weighted by atomic mass is 16.4. The lowest BCUT2D eigenvalue weighted by Gasteiger charge is -1.96. The number of benzene rings is 1. The van der Waals surface area contributed by atoms with Crippen molar-refractivity contribution < 1.29 is 20.1 Å². The number of aliphatic carboxylic acids is 1. The molecule has 0 aromatic heterocycles. The molecule has 4 heteroatoms. The van der Waals surface area contributed by atoms with Crippen molar-refractivity contribution in [3.8, 4) is 0 Å². The van der Waals surface area contributed by atoms with Crippen LogP contribution in [-0.2, 0) is 18.0 Å². The molecule has 0 saturated heterocycles. The lowest BCUT2D eigenvalue weighted by atomic mass is 10.1. The second-order valence-corrected chi connectivity index (χ2v) is 2.65. The van der Waals surface area contributed by atoms with E-state index in [9.17, 15) is 0 Å². The SMILES string of the molecule is CC(=O)O.OCc1ccc(CO)cc1. The average molecular weight is 198 g/mol. The van der Waals surface area contributed by atoms with Crippen LogP contribution in [0.1, 0.15) is 18.1 Å². The summed E-state index contributed by atoms with van der Waals surface area (Å²) in [6.07, 6.45) is 0. The van der Waals surface area contributed by atoms with E-state index in [1.165, 1.54) is 0 Å². The molecule has 14 heavy (non-hydrogen) atoms. The van der Waals surface area contributed by atoms with Gasteiger partial charge in [-0.1, -0.05) is 24.3 Å². The molecule has 0 unspecified atom stereocenters. The summed E-state index contributed by atoms with van der Waals surface area (Å²) < 4.78 is 0. The Balaban J connectivity index is 0.000000364. The second kappa shape index (κ2) is 7.06. The van der Waals surface area contributed by atoms with Crippen LogP contribution in [0.15, 0.2) is 24.3 Å². The highest BCUT2D eigenvalue weighted by Gasteiger charge is 1.89. The first kappa shape index (κ1) is 12.6. The minimum absolute atomic E-state index is 0.0612. The van der Waals surface area contributed by atoms with Crippen LogP contribution < -0.4 is 0 Å². The topological polar surface area (TPSA) is 77.8 Å². The Bertz CT molecular complexity index is 239. The molecule has 0 amide bonds. The van der Waals surface area contributed by atoms with Crippen LogP contribution in [-0.4, -0.2) is 21.3 Å². The number of hydrogen-bond donors (Lipinski definition) is 3. The van der Waals surface area contributed by atoms with Crippen molar-refractivity contribution in [1.29, 1.82) is 0 Å². The van der Waals surface area contributed by atoms with Gasteiger partial charge in [-0.2, -0.15) is 0 Å². The molecule has 0 heterocycles. The van der Waals surface area contributed by atoms with Crippen LogP contribution in [0.25, 0.3) is 0 Å². The fourth-order valence-electron chi connectivity index (χ4n) is 0.750. The van der Waals surface area contributed by atoms with E-state index in [1.54, 1.807) is 24.3 Å². The molecule has 4 nitrogen and oxygen atoms in total. The molecule has 0 atom stereocenters. The third-order valence-corrected chi connectivity index (χ3v) is 1.39. The Kier molecular flexibility index (Phi) is 6.36. The molecule has 3 N–H and O–H groups in total. The maximum atomic E-state index is 9.00. The normalized spacial score (nSPS) is 8.79. The Hall–Kier alpha value is -1.39. The summed E-state index contributed by atoms with van der Waals surface area (Å²) in [5, 5.41) is 24.7. The lowest BCUT2D eigenvalue weighted by Crippen LogP contribution is -1.85. The predicted molar refractivity (Wildman–Crippen MR) is 51.6 cm³/mol. The van der Waals surface area contributed by atoms with Gasteiger partial charge in [-0.25, -0.2) is 0 Å². The van der Waals surface area contributed by atoms with Gasteiger partial charge >= 0.3 is 0 Å². The molecule has 78 valence electrons. The first-order valence-corrected chi connectivity index (χ1v) is 4.09. The molecule has 0 aliphatic heterocycles. The summed E-state index contributed by atoms with van der Waals surface area (Å²) in [5.41, 5.74) is 1.74. The Morgan fingerprint density at radius 2 is 1.29 bits per heavy atom. The zero-order chi connectivity index (χ0) is 11.0. The zero-order valence-corrected chi connectivity index (χ0v) is 7.97. The van der Waals surface area contributed by atoms with E-state index < -0.39 is 5.97 Å². The maximum absolute atomic E-state index is 9.00. The van der Waals surface area contributed by atoms with E-state index >= 15 is 0 Å². The summed E-state index contributed by atoms with van der Waals surface area (Å²) in [6, 6.07) is 7.19. The van der Waals surface area contributed by atoms with Crippen molar-refractivity contribution in [3.05, 3.63) is 35.4 Å². The van der Waals surface area contributed by atoms with Gasteiger partial charge in [0.05, 0.1) is 13.2 Å². The van der Waals surface area contributed by atoms with Gasteiger partial charge in [0, 0.05) is 6.92 Å². The number of rotatable bonds is 2. The van der Waals surface area contributed by atoms with Crippen molar-refractivity contribution in [2.24, 2.45) is 0 Å². The number of aliphatic hydroxyl groups is 2. The number of aliphatic hydroxyl groups excluding tert-OH is 2. The van der Waals surface area contributed by atoms with Crippen molar-refractivity contribution >= 4 is 5.97 Å². The monoisotopic (exact) mass is 198 g/mol. The van der Waals surface area contributed by atoms with Crippen molar-refractivity contribution in [2.45, 2.75) is 20.1 Å². The smallest absolute Gasteiger partial charge is 0.300 e. The van der Waals surface area contributed by atoms with Crippen LogP contribution >= 0.6 is 0 Å². The van der Waals surface area contributed by atoms with Gasteiger partial charge in [0.15, 0.2) is 0 Å². The molecule has 0 aliphatic carbocycles. The molecule has 0 spiro atoms.